The molecule has 28 heavy (non-hydrogen) atoms. The summed E-state index contributed by atoms with van der Waals surface area (Å²) < 4.78 is 1.74. The fourth-order valence-corrected chi connectivity index (χ4v) is 3.45. The van der Waals surface area contributed by atoms with Crippen molar-refractivity contribution >= 4 is 11.9 Å². The van der Waals surface area contributed by atoms with Gasteiger partial charge < -0.3 is 14.6 Å². The number of aryl methyl sites for hydroxylation is 2. The summed E-state index contributed by atoms with van der Waals surface area (Å²) in [6, 6.07) is 12.2. The lowest BCUT2D eigenvalue weighted by Crippen LogP contribution is -2.51. The molecule has 3 heterocycles. The van der Waals surface area contributed by atoms with Crippen molar-refractivity contribution in [2.45, 2.75) is 33.0 Å². The number of hydrogen-bond acceptors (Lipinski definition) is 5. The molecule has 0 saturated carbocycles. The summed E-state index contributed by atoms with van der Waals surface area (Å²) in [5, 5.41) is 17.7. The normalized spacial score (nSPS) is 15.9. The molecule has 0 saturated heterocycles. The van der Waals surface area contributed by atoms with E-state index in [-0.39, 0.29) is 19.0 Å². The molecule has 1 aliphatic rings. The fourth-order valence-electron chi connectivity index (χ4n) is 3.45. The second-order valence-corrected chi connectivity index (χ2v) is 6.76. The number of carboxylic acid groups (broad SMARTS) is 1. The highest BCUT2D eigenvalue weighted by Crippen LogP contribution is 2.23. The van der Waals surface area contributed by atoms with E-state index in [4.69, 9.17) is 0 Å². The summed E-state index contributed by atoms with van der Waals surface area (Å²) in [6.45, 7) is 3.75. The van der Waals surface area contributed by atoms with E-state index in [1.165, 1.54) is 4.90 Å². The minimum atomic E-state index is -1.06. The van der Waals surface area contributed by atoms with Crippen LogP contribution in [0.25, 0.3) is 11.3 Å². The molecule has 142 valence electrons. The number of fused-ring (bicyclic) bond motifs is 1. The molecule has 1 aliphatic heterocycles. The highest BCUT2D eigenvalue weighted by Gasteiger charge is 2.37. The summed E-state index contributed by atoms with van der Waals surface area (Å²) in [4.78, 5) is 30.8. The predicted molar refractivity (Wildman–Crippen MR) is 100 cm³/mol. The lowest BCUT2D eigenvalue weighted by molar-refractivity contribution is -0.143. The lowest BCUT2D eigenvalue weighted by atomic mass is 10.1. The molecular formula is C20H19N5O3. The number of carbonyl (C=O) groups excluding carboxylic acids is 1. The van der Waals surface area contributed by atoms with Gasteiger partial charge in [-0.15, -0.1) is 10.2 Å². The van der Waals surface area contributed by atoms with Crippen LogP contribution in [-0.2, 0) is 17.9 Å². The first kappa shape index (κ1) is 17.8. The topological polar surface area (TPSA) is 101 Å². The molecule has 0 aliphatic carbocycles. The zero-order valence-electron chi connectivity index (χ0n) is 15.5. The molecule has 0 radical (unpaired) electrons. The summed E-state index contributed by atoms with van der Waals surface area (Å²) >= 11 is 0. The largest absolute Gasteiger partial charge is 0.480 e. The minimum Gasteiger partial charge on any atom is -0.480 e. The van der Waals surface area contributed by atoms with Crippen LogP contribution in [0, 0.1) is 13.8 Å². The van der Waals surface area contributed by atoms with Crippen molar-refractivity contribution < 1.29 is 14.7 Å². The quantitative estimate of drug-likeness (QED) is 0.750. The van der Waals surface area contributed by atoms with E-state index in [0.717, 1.165) is 11.3 Å². The number of nitrogens with zero attached hydrogens (tertiary/aromatic N) is 5. The van der Waals surface area contributed by atoms with E-state index < -0.39 is 12.0 Å². The van der Waals surface area contributed by atoms with Crippen molar-refractivity contribution in [3.8, 4) is 11.3 Å². The van der Waals surface area contributed by atoms with Crippen molar-refractivity contribution in [3.63, 3.8) is 0 Å². The number of hydrogen-bond donors (Lipinski definition) is 1. The third-order valence-corrected chi connectivity index (χ3v) is 4.99. The summed E-state index contributed by atoms with van der Waals surface area (Å²) in [7, 11) is 0. The SMILES string of the molecule is Cc1nc(-c2ccccc2)ccc1C(=O)N1Cc2nnc(C)n2CC1C(=O)O. The van der Waals surface area contributed by atoms with E-state index >= 15 is 0 Å². The Labute approximate surface area is 161 Å². The predicted octanol–water partition coefficient (Wildman–Crippen LogP) is 2.07. The molecule has 1 unspecified atom stereocenters. The van der Waals surface area contributed by atoms with Gasteiger partial charge in [-0.1, -0.05) is 30.3 Å². The van der Waals surface area contributed by atoms with Crippen molar-refractivity contribution in [3.05, 3.63) is 65.4 Å². The summed E-state index contributed by atoms with van der Waals surface area (Å²) in [6.07, 6.45) is 0. The molecule has 0 spiro atoms. The summed E-state index contributed by atoms with van der Waals surface area (Å²) in [5.41, 5.74) is 2.65. The van der Waals surface area contributed by atoms with E-state index in [1.807, 2.05) is 30.3 Å². The average Bonchev–Trinajstić information content (AvgIpc) is 3.07. The van der Waals surface area contributed by atoms with Crippen molar-refractivity contribution in [1.82, 2.24) is 24.6 Å². The van der Waals surface area contributed by atoms with Gasteiger partial charge in [-0.2, -0.15) is 0 Å². The van der Waals surface area contributed by atoms with E-state index in [9.17, 15) is 14.7 Å². The maximum absolute atomic E-state index is 13.2. The second kappa shape index (κ2) is 6.88. The molecule has 1 aromatic carbocycles. The van der Waals surface area contributed by atoms with Crippen LogP contribution in [0.3, 0.4) is 0 Å². The smallest absolute Gasteiger partial charge is 0.328 e. The molecule has 4 rings (SSSR count). The van der Waals surface area contributed by atoms with Crippen LogP contribution in [-0.4, -0.2) is 47.7 Å². The van der Waals surface area contributed by atoms with E-state index in [1.54, 1.807) is 30.5 Å². The standard InChI is InChI=1S/C20H19N5O3/c1-12-15(8-9-16(21-12)14-6-4-3-5-7-14)19(26)25-11-18-23-22-13(2)24(18)10-17(25)20(27)28/h3-9,17H,10-11H2,1-2H3,(H,27,28). The first-order chi connectivity index (χ1) is 13.5. The van der Waals surface area contributed by atoms with Gasteiger partial charge in [0.25, 0.3) is 5.91 Å². The van der Waals surface area contributed by atoms with Gasteiger partial charge in [-0.3, -0.25) is 9.78 Å². The Kier molecular flexibility index (Phi) is 4.38. The molecule has 1 N–H and O–H groups in total. The number of carbonyl (C=O) groups is 2. The van der Waals surface area contributed by atoms with Gasteiger partial charge in [0, 0.05) is 5.56 Å². The van der Waals surface area contributed by atoms with Crippen LogP contribution in [0.2, 0.25) is 0 Å². The first-order valence-corrected chi connectivity index (χ1v) is 8.91. The Balaban J connectivity index is 1.67. The molecule has 8 nitrogen and oxygen atoms in total. The van der Waals surface area contributed by atoms with E-state index in [2.05, 4.69) is 15.2 Å². The van der Waals surface area contributed by atoms with Crippen LogP contribution in [0.1, 0.15) is 27.7 Å². The third kappa shape index (κ3) is 3.02. The van der Waals surface area contributed by atoms with Crippen molar-refractivity contribution in [2.75, 3.05) is 0 Å². The van der Waals surface area contributed by atoms with Gasteiger partial charge in [0.2, 0.25) is 0 Å². The molecule has 3 aromatic rings. The van der Waals surface area contributed by atoms with Gasteiger partial charge in [0.05, 0.1) is 30.0 Å². The van der Waals surface area contributed by atoms with E-state index in [0.29, 0.717) is 22.9 Å². The molecule has 1 amide bonds. The molecule has 1 atom stereocenters. The maximum atomic E-state index is 13.2. The Bertz CT molecular complexity index is 1060. The Morgan fingerprint density at radius 3 is 2.50 bits per heavy atom. The van der Waals surface area contributed by atoms with Gasteiger partial charge in [0.1, 0.15) is 11.9 Å². The Morgan fingerprint density at radius 1 is 1.07 bits per heavy atom. The van der Waals surface area contributed by atoms with Crippen molar-refractivity contribution in [1.29, 1.82) is 0 Å². The Morgan fingerprint density at radius 2 is 1.82 bits per heavy atom. The Hall–Kier alpha value is -3.55. The van der Waals surface area contributed by atoms with Gasteiger partial charge in [-0.25, -0.2) is 4.79 Å². The maximum Gasteiger partial charge on any atom is 0.328 e. The summed E-state index contributed by atoms with van der Waals surface area (Å²) in [5.74, 6) is -0.212. The number of benzene rings is 1. The molecular weight excluding hydrogens is 358 g/mol. The fraction of sp³-hybridized carbons (Fsp3) is 0.250. The van der Waals surface area contributed by atoms with Crippen LogP contribution >= 0.6 is 0 Å². The molecule has 0 bridgehead atoms. The van der Waals surface area contributed by atoms with Crippen LogP contribution in [0.15, 0.2) is 42.5 Å². The average molecular weight is 377 g/mol. The lowest BCUT2D eigenvalue weighted by Gasteiger charge is -2.33. The van der Waals surface area contributed by atoms with Crippen molar-refractivity contribution in [2.24, 2.45) is 0 Å². The number of amides is 1. The molecule has 8 heteroatoms. The first-order valence-electron chi connectivity index (χ1n) is 8.91. The monoisotopic (exact) mass is 377 g/mol. The van der Waals surface area contributed by atoms with Crippen LogP contribution in [0.5, 0.6) is 0 Å². The third-order valence-electron chi connectivity index (χ3n) is 4.99. The second-order valence-electron chi connectivity index (χ2n) is 6.76. The number of pyridine rings is 1. The minimum absolute atomic E-state index is 0.0938. The number of aromatic nitrogens is 4. The van der Waals surface area contributed by atoms with Crippen LogP contribution in [0.4, 0.5) is 0 Å². The van der Waals surface area contributed by atoms with Crippen LogP contribution < -0.4 is 0 Å². The van der Waals surface area contributed by atoms with Gasteiger partial charge in [-0.05, 0) is 26.0 Å². The highest BCUT2D eigenvalue weighted by atomic mass is 16.4. The number of carboxylic acids is 1. The molecule has 2 aromatic heterocycles. The number of rotatable bonds is 3. The molecule has 0 fully saturated rings. The zero-order valence-corrected chi connectivity index (χ0v) is 15.5. The van der Waals surface area contributed by atoms with Gasteiger partial charge >= 0.3 is 5.97 Å². The van der Waals surface area contributed by atoms with Gasteiger partial charge in [0.15, 0.2) is 5.82 Å². The highest BCUT2D eigenvalue weighted by molar-refractivity contribution is 5.97. The number of aliphatic carboxylic acids is 1. The zero-order chi connectivity index (χ0) is 19.8.